The quantitative estimate of drug-likeness (QED) is 0.773. The van der Waals surface area contributed by atoms with Gasteiger partial charge < -0.3 is 9.84 Å². The van der Waals surface area contributed by atoms with Crippen LogP contribution in [0.1, 0.15) is 32.4 Å². The van der Waals surface area contributed by atoms with E-state index in [1.807, 2.05) is 12.1 Å². The fraction of sp³-hybridized carbons (Fsp3) is 0.529. The van der Waals surface area contributed by atoms with E-state index in [2.05, 4.69) is 26.8 Å². The van der Waals surface area contributed by atoms with Gasteiger partial charge in [0.1, 0.15) is 5.75 Å². The summed E-state index contributed by atoms with van der Waals surface area (Å²) in [5.74, 6) is 2.70. The maximum absolute atomic E-state index is 9.42. The molecule has 0 spiro atoms. The Morgan fingerprint density at radius 1 is 1.16 bits per heavy atom. The Morgan fingerprint density at radius 3 is 2.53 bits per heavy atom. The van der Waals surface area contributed by atoms with Crippen molar-refractivity contribution >= 4 is 0 Å². The van der Waals surface area contributed by atoms with Crippen molar-refractivity contribution in [3.05, 3.63) is 41.5 Å². The van der Waals surface area contributed by atoms with Crippen LogP contribution in [0.25, 0.3) is 0 Å². The van der Waals surface area contributed by atoms with Crippen molar-refractivity contribution in [3.63, 3.8) is 0 Å². The summed E-state index contributed by atoms with van der Waals surface area (Å²) in [5, 5.41) is 9.42. The Kier molecular flexibility index (Phi) is 3.14. The molecule has 0 aromatic heterocycles. The van der Waals surface area contributed by atoms with Crippen LogP contribution in [-0.2, 0) is 4.74 Å². The molecule has 19 heavy (non-hydrogen) atoms. The third-order valence-electron chi connectivity index (χ3n) is 4.98. The minimum Gasteiger partial charge on any atom is -0.508 e. The zero-order valence-electron chi connectivity index (χ0n) is 11.8. The second-order valence-electron chi connectivity index (χ2n) is 6.16. The predicted octanol–water partition coefficient (Wildman–Crippen LogP) is 3.93. The number of phenols is 1. The zero-order chi connectivity index (χ0) is 13.6. The molecule has 102 valence electrons. The molecule has 0 amide bonds. The number of allylic oxidation sites excluding steroid dienone is 1. The molecule has 1 aliphatic heterocycles. The number of phenolic OH excluding ortho intramolecular Hbond substituents is 1. The van der Waals surface area contributed by atoms with Crippen molar-refractivity contribution in [2.24, 2.45) is 23.7 Å². The first-order valence-corrected chi connectivity index (χ1v) is 7.16. The van der Waals surface area contributed by atoms with Crippen LogP contribution in [0.3, 0.4) is 0 Å². The normalized spacial score (nSPS) is 37.8. The van der Waals surface area contributed by atoms with Gasteiger partial charge in [-0.2, -0.15) is 0 Å². The Hall–Kier alpha value is -1.28. The fourth-order valence-electron chi connectivity index (χ4n) is 3.91. The molecule has 1 aliphatic carbocycles. The summed E-state index contributed by atoms with van der Waals surface area (Å²) in [7, 11) is 0. The highest BCUT2D eigenvalue weighted by molar-refractivity contribution is 5.30. The first-order valence-electron chi connectivity index (χ1n) is 7.16. The summed E-state index contributed by atoms with van der Waals surface area (Å²) < 4.78 is 6.16. The molecule has 0 radical (unpaired) electrons. The first kappa shape index (κ1) is 12.7. The van der Waals surface area contributed by atoms with Gasteiger partial charge in [-0.15, -0.1) is 0 Å². The summed E-state index contributed by atoms with van der Waals surface area (Å²) in [6.45, 7) is 7.73. The summed E-state index contributed by atoms with van der Waals surface area (Å²) >= 11 is 0. The van der Waals surface area contributed by atoms with E-state index < -0.39 is 0 Å². The van der Waals surface area contributed by atoms with Crippen LogP contribution in [-0.4, -0.2) is 11.7 Å². The number of hydrogen-bond acceptors (Lipinski definition) is 2. The Bertz CT molecular complexity index is 488. The van der Waals surface area contributed by atoms with Crippen molar-refractivity contribution in [2.75, 3.05) is 6.61 Å². The van der Waals surface area contributed by atoms with Crippen molar-refractivity contribution < 1.29 is 9.84 Å². The van der Waals surface area contributed by atoms with Crippen LogP contribution in [0.4, 0.5) is 0 Å². The Labute approximate surface area is 115 Å². The smallest absolute Gasteiger partial charge is 0.115 e. The van der Waals surface area contributed by atoms with Crippen molar-refractivity contribution in [1.82, 2.24) is 0 Å². The van der Waals surface area contributed by atoms with E-state index in [1.165, 1.54) is 11.1 Å². The lowest BCUT2D eigenvalue weighted by Gasteiger charge is -2.47. The van der Waals surface area contributed by atoms with Gasteiger partial charge in [0.05, 0.1) is 12.7 Å². The molecular weight excluding hydrogens is 236 g/mol. The molecule has 1 heterocycles. The minimum absolute atomic E-state index is 0.135. The van der Waals surface area contributed by atoms with Crippen LogP contribution < -0.4 is 0 Å². The molecule has 1 saturated heterocycles. The summed E-state index contributed by atoms with van der Waals surface area (Å²) in [4.78, 5) is 0. The maximum atomic E-state index is 9.42. The molecule has 2 nitrogen and oxygen atoms in total. The van der Waals surface area contributed by atoms with Crippen LogP contribution in [0.2, 0.25) is 0 Å². The Balaban J connectivity index is 1.96. The second-order valence-corrected chi connectivity index (χ2v) is 6.16. The third-order valence-corrected chi connectivity index (χ3v) is 4.98. The van der Waals surface area contributed by atoms with Gasteiger partial charge in [-0.3, -0.25) is 0 Å². The molecule has 1 aromatic carbocycles. The second kappa shape index (κ2) is 4.68. The van der Waals surface area contributed by atoms with Gasteiger partial charge in [0.25, 0.3) is 0 Å². The molecule has 2 aliphatic rings. The van der Waals surface area contributed by atoms with E-state index in [0.717, 1.165) is 6.61 Å². The van der Waals surface area contributed by atoms with Crippen molar-refractivity contribution in [2.45, 2.75) is 26.9 Å². The van der Waals surface area contributed by atoms with Crippen molar-refractivity contribution in [3.8, 4) is 5.75 Å². The fourth-order valence-corrected chi connectivity index (χ4v) is 3.91. The lowest BCUT2D eigenvalue weighted by atomic mass is 9.64. The molecule has 4 unspecified atom stereocenters. The SMILES string of the molecule is CC1=CC(C)[C@@H]2COC(c3ccc(O)cc3)C1C2C. The third kappa shape index (κ3) is 2.08. The van der Waals surface area contributed by atoms with Gasteiger partial charge in [0.15, 0.2) is 0 Å². The number of fused-ring (bicyclic) bond motifs is 2. The highest BCUT2D eigenvalue weighted by atomic mass is 16.5. The first-order chi connectivity index (χ1) is 9.08. The van der Waals surface area contributed by atoms with Crippen molar-refractivity contribution in [1.29, 1.82) is 0 Å². The van der Waals surface area contributed by atoms with E-state index in [0.29, 0.717) is 29.4 Å². The van der Waals surface area contributed by atoms with E-state index in [4.69, 9.17) is 4.74 Å². The van der Waals surface area contributed by atoms with Gasteiger partial charge in [-0.05, 0) is 42.4 Å². The molecule has 2 bridgehead atoms. The van der Waals surface area contributed by atoms with Crippen LogP contribution in [0.15, 0.2) is 35.9 Å². The highest BCUT2D eigenvalue weighted by Gasteiger charge is 2.43. The average Bonchev–Trinajstić information content (AvgIpc) is 2.37. The van der Waals surface area contributed by atoms with E-state index in [1.54, 1.807) is 12.1 Å². The van der Waals surface area contributed by atoms with Gasteiger partial charge in [-0.1, -0.05) is 37.6 Å². The largest absolute Gasteiger partial charge is 0.508 e. The molecule has 1 N–H and O–H groups in total. The molecular formula is C17H22O2. The van der Waals surface area contributed by atoms with E-state index in [-0.39, 0.29) is 6.10 Å². The Morgan fingerprint density at radius 2 is 1.84 bits per heavy atom. The molecule has 0 saturated carbocycles. The van der Waals surface area contributed by atoms with Gasteiger partial charge in [0.2, 0.25) is 0 Å². The van der Waals surface area contributed by atoms with Crippen LogP contribution >= 0.6 is 0 Å². The number of aromatic hydroxyl groups is 1. The van der Waals surface area contributed by atoms with Gasteiger partial charge >= 0.3 is 0 Å². The van der Waals surface area contributed by atoms with Crippen LogP contribution in [0.5, 0.6) is 5.75 Å². The molecule has 3 rings (SSSR count). The topological polar surface area (TPSA) is 29.5 Å². The lowest BCUT2D eigenvalue weighted by Crippen LogP contribution is -2.42. The number of ether oxygens (including phenoxy) is 1. The highest BCUT2D eigenvalue weighted by Crippen LogP contribution is 2.49. The van der Waals surface area contributed by atoms with E-state index in [9.17, 15) is 5.11 Å². The molecule has 1 aromatic rings. The van der Waals surface area contributed by atoms with Crippen LogP contribution in [0, 0.1) is 23.7 Å². The van der Waals surface area contributed by atoms with E-state index >= 15 is 0 Å². The molecule has 2 heteroatoms. The number of rotatable bonds is 1. The summed E-state index contributed by atoms with van der Waals surface area (Å²) in [5.41, 5.74) is 2.63. The van der Waals surface area contributed by atoms with Gasteiger partial charge in [0, 0.05) is 5.92 Å². The average molecular weight is 258 g/mol. The number of benzene rings is 1. The zero-order valence-corrected chi connectivity index (χ0v) is 11.8. The monoisotopic (exact) mass is 258 g/mol. The molecule has 1 fully saturated rings. The van der Waals surface area contributed by atoms with Gasteiger partial charge in [-0.25, -0.2) is 0 Å². The minimum atomic E-state index is 0.135. The molecule has 5 atom stereocenters. The number of hydrogen-bond donors (Lipinski definition) is 1. The standard InChI is InChI=1S/C17H22O2/c1-10-8-11(2)16-12(3)15(10)9-19-17(16)13-4-6-14(18)7-5-13/h4-8,10,12,15-18H,9H2,1-3H3/t10?,12?,15-,16?,17?/m0/s1. The summed E-state index contributed by atoms with van der Waals surface area (Å²) in [6, 6.07) is 7.47. The summed E-state index contributed by atoms with van der Waals surface area (Å²) in [6.07, 6.45) is 2.56. The predicted molar refractivity (Wildman–Crippen MR) is 75.9 cm³/mol. The lowest BCUT2D eigenvalue weighted by molar-refractivity contribution is -0.0934. The maximum Gasteiger partial charge on any atom is 0.115 e.